The van der Waals surface area contributed by atoms with Gasteiger partial charge in [0, 0.05) is 23.7 Å². The summed E-state index contributed by atoms with van der Waals surface area (Å²) < 4.78 is 1.49. The summed E-state index contributed by atoms with van der Waals surface area (Å²) >= 11 is 1.73. The first-order valence-electron chi connectivity index (χ1n) is 4.36. The predicted octanol–water partition coefficient (Wildman–Crippen LogP) is 1.58. The standard InChI is InChI=1S/C9H15N3OS/c1-9(2,14-3)6-11-8(13)12-5-4-10-7-12/h4-5,7H,6H2,1-3H3,(H,11,13). The van der Waals surface area contributed by atoms with E-state index < -0.39 is 0 Å². The number of nitrogens with zero attached hydrogens (tertiary/aromatic N) is 2. The van der Waals surface area contributed by atoms with Crippen LogP contribution in [0.1, 0.15) is 13.8 Å². The largest absolute Gasteiger partial charge is 0.336 e. The van der Waals surface area contributed by atoms with Crippen LogP contribution in [0.25, 0.3) is 0 Å². The van der Waals surface area contributed by atoms with E-state index in [1.807, 2.05) is 6.26 Å². The van der Waals surface area contributed by atoms with Gasteiger partial charge in [-0.15, -0.1) is 0 Å². The Labute approximate surface area is 88.1 Å². The van der Waals surface area contributed by atoms with Crippen LogP contribution in [0.15, 0.2) is 18.7 Å². The second-order valence-corrected chi connectivity index (χ2v) is 5.11. The molecule has 1 N–H and O–H groups in total. The Bertz CT molecular complexity index is 295. The van der Waals surface area contributed by atoms with Crippen LogP contribution in [-0.2, 0) is 0 Å². The van der Waals surface area contributed by atoms with Gasteiger partial charge in [-0.05, 0) is 20.1 Å². The lowest BCUT2D eigenvalue weighted by Gasteiger charge is -2.22. The van der Waals surface area contributed by atoms with Crippen LogP contribution in [0, 0.1) is 0 Å². The number of rotatable bonds is 3. The minimum Gasteiger partial charge on any atom is -0.336 e. The Kier molecular flexibility index (Phi) is 3.57. The van der Waals surface area contributed by atoms with Gasteiger partial charge in [-0.3, -0.25) is 4.57 Å². The van der Waals surface area contributed by atoms with Crippen molar-refractivity contribution in [2.45, 2.75) is 18.6 Å². The van der Waals surface area contributed by atoms with Gasteiger partial charge < -0.3 is 5.32 Å². The van der Waals surface area contributed by atoms with Crippen molar-refractivity contribution in [2.24, 2.45) is 0 Å². The van der Waals surface area contributed by atoms with Crippen molar-refractivity contribution >= 4 is 17.8 Å². The minimum atomic E-state index is -0.135. The van der Waals surface area contributed by atoms with Crippen molar-refractivity contribution < 1.29 is 4.79 Å². The normalized spacial score (nSPS) is 11.4. The van der Waals surface area contributed by atoms with E-state index in [0.29, 0.717) is 6.54 Å². The number of carbonyl (C=O) groups excluding carboxylic acids is 1. The van der Waals surface area contributed by atoms with Crippen LogP contribution >= 0.6 is 11.8 Å². The third-order valence-electron chi connectivity index (χ3n) is 1.96. The quantitative estimate of drug-likeness (QED) is 0.829. The molecule has 5 heteroatoms. The second kappa shape index (κ2) is 4.50. The van der Waals surface area contributed by atoms with Gasteiger partial charge in [0.2, 0.25) is 0 Å². The molecule has 1 heterocycles. The first-order valence-corrected chi connectivity index (χ1v) is 5.59. The molecule has 0 fully saturated rings. The van der Waals surface area contributed by atoms with E-state index in [-0.39, 0.29) is 10.8 Å². The van der Waals surface area contributed by atoms with E-state index in [1.165, 1.54) is 10.9 Å². The van der Waals surface area contributed by atoms with Crippen molar-refractivity contribution in [2.75, 3.05) is 12.8 Å². The zero-order chi connectivity index (χ0) is 10.6. The van der Waals surface area contributed by atoms with E-state index in [2.05, 4.69) is 24.1 Å². The number of hydrogen-bond donors (Lipinski definition) is 1. The summed E-state index contributed by atoms with van der Waals surface area (Å²) in [4.78, 5) is 15.3. The first kappa shape index (κ1) is 11.1. The van der Waals surface area contributed by atoms with Gasteiger partial charge in [0.15, 0.2) is 0 Å². The van der Waals surface area contributed by atoms with Gasteiger partial charge in [-0.1, -0.05) is 0 Å². The van der Waals surface area contributed by atoms with Crippen LogP contribution < -0.4 is 5.32 Å². The molecule has 0 spiro atoms. The van der Waals surface area contributed by atoms with Gasteiger partial charge >= 0.3 is 6.03 Å². The summed E-state index contributed by atoms with van der Waals surface area (Å²) in [5, 5.41) is 2.84. The van der Waals surface area contributed by atoms with Crippen molar-refractivity contribution in [3.05, 3.63) is 18.7 Å². The molecule has 0 saturated carbocycles. The zero-order valence-corrected chi connectivity index (χ0v) is 9.47. The maximum Gasteiger partial charge on any atom is 0.326 e. The molecule has 1 aromatic rings. The maximum absolute atomic E-state index is 11.5. The molecule has 1 rings (SSSR count). The number of amides is 1. The van der Waals surface area contributed by atoms with Crippen LogP contribution in [0.4, 0.5) is 4.79 Å². The molecule has 78 valence electrons. The molecule has 1 amide bonds. The van der Waals surface area contributed by atoms with Gasteiger partial charge in [0.05, 0.1) is 0 Å². The molecule has 0 saturated heterocycles. The van der Waals surface area contributed by atoms with Gasteiger partial charge in [0.1, 0.15) is 6.33 Å². The first-order chi connectivity index (χ1) is 6.55. The summed E-state index contributed by atoms with van der Waals surface area (Å²) in [6.45, 7) is 4.82. The molecule has 14 heavy (non-hydrogen) atoms. The number of thioether (sulfide) groups is 1. The highest BCUT2D eigenvalue weighted by atomic mass is 32.2. The van der Waals surface area contributed by atoms with E-state index >= 15 is 0 Å². The Balaban J connectivity index is 2.43. The topological polar surface area (TPSA) is 46.9 Å². The Hall–Kier alpha value is -0.970. The Morgan fingerprint density at radius 1 is 1.64 bits per heavy atom. The Morgan fingerprint density at radius 2 is 2.36 bits per heavy atom. The third kappa shape index (κ3) is 3.06. The average molecular weight is 213 g/mol. The molecule has 0 radical (unpaired) electrons. The molecule has 0 aliphatic heterocycles. The molecule has 4 nitrogen and oxygen atoms in total. The second-order valence-electron chi connectivity index (χ2n) is 3.59. The lowest BCUT2D eigenvalue weighted by atomic mass is 10.2. The van der Waals surface area contributed by atoms with E-state index in [4.69, 9.17) is 0 Å². The molecular weight excluding hydrogens is 198 g/mol. The summed E-state index contributed by atoms with van der Waals surface area (Å²) in [6.07, 6.45) is 6.73. The van der Waals surface area contributed by atoms with Crippen LogP contribution in [0.3, 0.4) is 0 Å². The fraction of sp³-hybridized carbons (Fsp3) is 0.556. The molecule has 0 unspecified atom stereocenters. The molecule has 0 bridgehead atoms. The molecular formula is C9H15N3OS. The highest BCUT2D eigenvalue weighted by Crippen LogP contribution is 2.19. The van der Waals surface area contributed by atoms with E-state index in [9.17, 15) is 4.79 Å². The highest BCUT2D eigenvalue weighted by molar-refractivity contribution is 7.99. The van der Waals surface area contributed by atoms with Crippen molar-refractivity contribution in [3.8, 4) is 0 Å². The van der Waals surface area contributed by atoms with Gasteiger partial charge in [-0.25, -0.2) is 9.78 Å². The fourth-order valence-electron chi connectivity index (χ4n) is 0.831. The zero-order valence-electron chi connectivity index (χ0n) is 8.65. The molecule has 0 atom stereocenters. The lowest BCUT2D eigenvalue weighted by molar-refractivity contribution is 0.241. The monoisotopic (exact) mass is 213 g/mol. The van der Waals surface area contributed by atoms with Crippen LogP contribution in [-0.4, -0.2) is 33.1 Å². The van der Waals surface area contributed by atoms with Crippen LogP contribution in [0.5, 0.6) is 0 Å². The smallest absolute Gasteiger partial charge is 0.326 e. The number of hydrogen-bond acceptors (Lipinski definition) is 3. The number of aromatic nitrogens is 2. The van der Waals surface area contributed by atoms with Gasteiger partial charge in [0.25, 0.3) is 0 Å². The lowest BCUT2D eigenvalue weighted by Crippen LogP contribution is -2.37. The summed E-state index contributed by atoms with van der Waals surface area (Å²) in [6, 6.07) is -0.135. The molecule has 0 aliphatic rings. The average Bonchev–Trinajstić information content (AvgIpc) is 2.67. The molecule has 1 aromatic heterocycles. The highest BCUT2D eigenvalue weighted by Gasteiger charge is 2.17. The number of nitrogens with one attached hydrogen (secondary N) is 1. The van der Waals surface area contributed by atoms with Crippen LogP contribution in [0.2, 0.25) is 0 Å². The Morgan fingerprint density at radius 3 is 2.86 bits per heavy atom. The predicted molar refractivity (Wildman–Crippen MR) is 58.6 cm³/mol. The van der Waals surface area contributed by atoms with Gasteiger partial charge in [-0.2, -0.15) is 11.8 Å². The van der Waals surface area contributed by atoms with E-state index in [0.717, 1.165) is 0 Å². The van der Waals surface area contributed by atoms with Crippen molar-refractivity contribution in [1.29, 1.82) is 0 Å². The number of carbonyl (C=O) groups is 1. The molecule has 0 aliphatic carbocycles. The fourth-order valence-corrected chi connectivity index (χ4v) is 1.05. The SMILES string of the molecule is CSC(C)(C)CNC(=O)n1ccnc1. The molecule has 0 aromatic carbocycles. The van der Waals surface area contributed by atoms with Crippen molar-refractivity contribution in [1.82, 2.24) is 14.9 Å². The summed E-state index contributed by atoms with van der Waals surface area (Å²) in [5.41, 5.74) is 0. The number of imidazole rings is 1. The van der Waals surface area contributed by atoms with Crippen molar-refractivity contribution in [3.63, 3.8) is 0 Å². The summed E-state index contributed by atoms with van der Waals surface area (Å²) in [5.74, 6) is 0. The minimum absolute atomic E-state index is 0.0657. The third-order valence-corrected chi connectivity index (χ3v) is 3.21. The summed E-state index contributed by atoms with van der Waals surface area (Å²) in [7, 11) is 0. The maximum atomic E-state index is 11.5. The van der Waals surface area contributed by atoms with E-state index in [1.54, 1.807) is 24.2 Å².